The number of rotatable bonds is 4. The highest BCUT2D eigenvalue weighted by molar-refractivity contribution is 6.68. The van der Waals surface area contributed by atoms with Crippen LogP contribution in [0.1, 0.15) is 26.7 Å². The predicted molar refractivity (Wildman–Crippen MR) is 110 cm³/mol. The Hall–Kier alpha value is -3.49. The van der Waals surface area contributed by atoms with E-state index in [1.807, 2.05) is 44.2 Å². The Morgan fingerprint density at radius 3 is 2.59 bits per heavy atom. The molecule has 0 spiro atoms. The molecule has 1 aliphatic carbocycles. The molecule has 9 nitrogen and oxygen atoms in total. The molecule has 0 aromatic heterocycles. The molecule has 0 saturated heterocycles. The number of carbonyl (C=O) groups excluding carboxylic acids is 3. The zero-order valence-corrected chi connectivity index (χ0v) is 16.7. The van der Waals surface area contributed by atoms with Crippen LogP contribution in [-0.2, 0) is 14.4 Å². The number of hydrazone groups is 2. The highest BCUT2D eigenvalue weighted by Gasteiger charge is 2.36. The molecule has 2 aliphatic rings. The number of nitrogens with one attached hydrogen (secondary N) is 3. The minimum Gasteiger partial charge on any atom is -0.373 e. The second-order valence-electron chi connectivity index (χ2n) is 7.80. The van der Waals surface area contributed by atoms with E-state index in [-0.39, 0.29) is 22.5 Å². The van der Waals surface area contributed by atoms with Crippen molar-refractivity contribution in [2.45, 2.75) is 26.7 Å². The van der Waals surface area contributed by atoms with Gasteiger partial charge >= 0.3 is 0 Å². The van der Waals surface area contributed by atoms with Gasteiger partial charge in [0.05, 0.1) is 18.1 Å². The fourth-order valence-electron chi connectivity index (χ4n) is 3.10. The van der Waals surface area contributed by atoms with Crippen LogP contribution in [0, 0.1) is 5.41 Å². The van der Waals surface area contributed by atoms with Gasteiger partial charge in [0, 0.05) is 19.7 Å². The number of nitrogens with zero attached hydrogens (tertiary/aromatic N) is 3. The molecule has 1 fully saturated rings. The van der Waals surface area contributed by atoms with Crippen LogP contribution in [0.25, 0.3) is 0 Å². The van der Waals surface area contributed by atoms with Crippen LogP contribution in [-0.4, -0.2) is 47.6 Å². The number of hydrogen-bond donors (Lipinski definition) is 3. The Bertz CT molecular complexity index is 917. The summed E-state index contributed by atoms with van der Waals surface area (Å²) in [4.78, 5) is 38.5. The van der Waals surface area contributed by atoms with E-state index in [0.717, 1.165) is 5.69 Å². The Morgan fingerprint density at radius 2 is 1.86 bits per heavy atom. The maximum atomic E-state index is 12.6. The van der Waals surface area contributed by atoms with E-state index >= 15 is 0 Å². The number of ketones is 1. The molecular weight excluding hydrogens is 372 g/mol. The Balaban J connectivity index is 1.82. The quantitative estimate of drug-likeness (QED) is 0.523. The predicted octanol–water partition coefficient (Wildman–Crippen LogP) is 1.22. The van der Waals surface area contributed by atoms with Gasteiger partial charge in [0.2, 0.25) is 0 Å². The van der Waals surface area contributed by atoms with Gasteiger partial charge in [-0.1, -0.05) is 32.0 Å². The Labute approximate surface area is 168 Å². The van der Waals surface area contributed by atoms with Crippen molar-refractivity contribution in [3.63, 3.8) is 0 Å². The summed E-state index contributed by atoms with van der Waals surface area (Å²) in [5, 5.41) is 11.2. The van der Waals surface area contributed by atoms with Crippen molar-refractivity contribution in [2.24, 2.45) is 15.6 Å². The van der Waals surface area contributed by atoms with E-state index in [1.54, 1.807) is 7.05 Å². The highest BCUT2D eigenvalue weighted by atomic mass is 16.2. The fraction of sp³-hybridized carbons (Fsp3) is 0.350. The number of hydrogen-bond acceptors (Lipinski definition) is 7. The van der Waals surface area contributed by atoms with Crippen LogP contribution < -0.4 is 16.2 Å². The molecular formula is C20H24N6O3. The normalized spacial score (nSPS) is 21.6. The van der Waals surface area contributed by atoms with Gasteiger partial charge in [-0.05, 0) is 24.0 Å². The number of para-hydroxylation sites is 1. The molecule has 29 heavy (non-hydrogen) atoms. The standard InChI is InChI=1S/C20H24N6O3/c1-20(2)9-15(23-25-18(28)14-11-21-12-26(3)19(14)29)17(16(27)10-20)24-22-13-7-5-4-6-8-13/h4-8,11,21-22H,9-10,12H2,1-3H3,(H,25,28)/b23-15-,24-17-. The van der Waals surface area contributed by atoms with Crippen LogP contribution in [0.3, 0.4) is 0 Å². The number of anilines is 1. The zero-order chi connectivity index (χ0) is 21.0. The molecule has 1 aromatic rings. The van der Waals surface area contributed by atoms with Crippen molar-refractivity contribution in [1.82, 2.24) is 15.6 Å². The zero-order valence-electron chi connectivity index (χ0n) is 16.7. The van der Waals surface area contributed by atoms with Gasteiger partial charge in [-0.3, -0.25) is 19.8 Å². The monoisotopic (exact) mass is 396 g/mol. The Kier molecular flexibility index (Phi) is 5.76. The number of benzene rings is 1. The molecule has 1 heterocycles. The third-order valence-corrected chi connectivity index (χ3v) is 4.58. The lowest BCUT2D eigenvalue weighted by Crippen LogP contribution is -2.44. The minimum atomic E-state index is -0.646. The van der Waals surface area contributed by atoms with E-state index in [2.05, 4.69) is 26.4 Å². The minimum absolute atomic E-state index is 0.0506. The average molecular weight is 396 g/mol. The smallest absolute Gasteiger partial charge is 0.278 e. The van der Waals surface area contributed by atoms with Gasteiger partial charge < -0.3 is 10.2 Å². The van der Waals surface area contributed by atoms with Gasteiger partial charge in [-0.15, -0.1) is 0 Å². The first kappa shape index (κ1) is 20.2. The summed E-state index contributed by atoms with van der Waals surface area (Å²) in [6, 6.07) is 9.23. The van der Waals surface area contributed by atoms with Gasteiger partial charge in [-0.25, -0.2) is 5.43 Å². The van der Waals surface area contributed by atoms with Gasteiger partial charge in [-0.2, -0.15) is 10.2 Å². The Morgan fingerprint density at radius 1 is 1.14 bits per heavy atom. The van der Waals surface area contributed by atoms with Gasteiger partial charge in [0.15, 0.2) is 5.78 Å². The van der Waals surface area contributed by atoms with Crippen molar-refractivity contribution >= 4 is 34.7 Å². The summed E-state index contributed by atoms with van der Waals surface area (Å²) in [5.41, 5.74) is 6.16. The molecule has 3 rings (SSSR count). The second-order valence-corrected chi connectivity index (χ2v) is 7.80. The van der Waals surface area contributed by atoms with Crippen molar-refractivity contribution in [3.05, 3.63) is 42.1 Å². The van der Waals surface area contributed by atoms with Crippen LogP contribution in [0.15, 0.2) is 52.3 Å². The van der Waals surface area contributed by atoms with Crippen LogP contribution in [0.4, 0.5) is 5.69 Å². The van der Waals surface area contributed by atoms with E-state index in [1.165, 1.54) is 11.1 Å². The maximum absolute atomic E-state index is 12.6. The number of likely N-dealkylation sites (N-methyl/N-ethyl adjacent to an activating group) is 1. The second kappa shape index (κ2) is 8.26. The number of Topliss-reactive ketones (excluding diaryl/α,β-unsaturated/α-hetero) is 1. The van der Waals surface area contributed by atoms with Crippen LogP contribution in [0.5, 0.6) is 0 Å². The highest BCUT2D eigenvalue weighted by Crippen LogP contribution is 2.31. The van der Waals surface area contributed by atoms with E-state index in [0.29, 0.717) is 25.2 Å². The first-order valence-electron chi connectivity index (χ1n) is 9.25. The summed E-state index contributed by atoms with van der Waals surface area (Å²) >= 11 is 0. The summed E-state index contributed by atoms with van der Waals surface area (Å²) < 4.78 is 0. The van der Waals surface area contributed by atoms with Crippen LogP contribution in [0.2, 0.25) is 0 Å². The van der Waals surface area contributed by atoms with E-state index < -0.39 is 11.8 Å². The first-order chi connectivity index (χ1) is 13.8. The molecule has 0 unspecified atom stereocenters. The molecule has 152 valence electrons. The molecule has 9 heteroatoms. The number of carbonyl (C=O) groups is 3. The summed E-state index contributed by atoms with van der Waals surface area (Å²) in [6.07, 6.45) is 2.15. The van der Waals surface area contributed by atoms with Crippen LogP contribution >= 0.6 is 0 Å². The molecule has 1 aliphatic heterocycles. The molecule has 1 saturated carbocycles. The number of amides is 2. The lowest BCUT2D eigenvalue weighted by molar-refractivity contribution is -0.130. The average Bonchev–Trinajstić information content (AvgIpc) is 2.67. The third-order valence-electron chi connectivity index (χ3n) is 4.58. The molecule has 0 bridgehead atoms. The summed E-state index contributed by atoms with van der Waals surface area (Å²) in [6.45, 7) is 4.24. The molecule has 1 aromatic carbocycles. The molecule has 3 N–H and O–H groups in total. The maximum Gasteiger partial charge on any atom is 0.278 e. The third kappa shape index (κ3) is 4.87. The molecule has 0 atom stereocenters. The SMILES string of the molecule is CN1CNC=C(C(=O)N/N=C2/CC(C)(C)CC(=O)/C2=N\Nc2ccccc2)C1=O. The van der Waals surface area contributed by atoms with Crippen molar-refractivity contribution < 1.29 is 14.4 Å². The van der Waals surface area contributed by atoms with Gasteiger partial charge in [0.25, 0.3) is 11.8 Å². The summed E-state index contributed by atoms with van der Waals surface area (Å²) in [7, 11) is 1.59. The molecule has 2 amide bonds. The van der Waals surface area contributed by atoms with E-state index in [4.69, 9.17) is 0 Å². The lowest BCUT2D eigenvalue weighted by atomic mass is 9.75. The first-order valence-corrected chi connectivity index (χ1v) is 9.25. The summed E-state index contributed by atoms with van der Waals surface area (Å²) in [5.74, 6) is -1.21. The molecule has 0 radical (unpaired) electrons. The fourth-order valence-corrected chi connectivity index (χ4v) is 3.10. The van der Waals surface area contributed by atoms with Gasteiger partial charge in [0.1, 0.15) is 11.3 Å². The largest absolute Gasteiger partial charge is 0.373 e. The van der Waals surface area contributed by atoms with E-state index in [9.17, 15) is 14.4 Å². The lowest BCUT2D eigenvalue weighted by Gasteiger charge is -2.30. The van der Waals surface area contributed by atoms with Crippen molar-refractivity contribution in [1.29, 1.82) is 0 Å². The van der Waals surface area contributed by atoms with Crippen molar-refractivity contribution in [3.8, 4) is 0 Å². The topological polar surface area (TPSA) is 115 Å². The van der Waals surface area contributed by atoms with Crippen molar-refractivity contribution in [2.75, 3.05) is 19.1 Å².